The van der Waals surface area contributed by atoms with E-state index in [2.05, 4.69) is 24.1 Å². The summed E-state index contributed by atoms with van der Waals surface area (Å²) in [4.78, 5) is 4.15. The van der Waals surface area contributed by atoms with E-state index < -0.39 is 0 Å². The van der Waals surface area contributed by atoms with Crippen LogP contribution in [0.3, 0.4) is 0 Å². The predicted molar refractivity (Wildman–Crippen MR) is 67.2 cm³/mol. The Bertz CT molecular complexity index is 358. The molecule has 88 valence electrons. The van der Waals surface area contributed by atoms with Crippen LogP contribution in [-0.4, -0.2) is 17.6 Å². The van der Waals surface area contributed by atoms with E-state index in [1.54, 1.807) is 6.20 Å². The van der Waals surface area contributed by atoms with Gasteiger partial charge in [-0.15, -0.1) is 0 Å². The van der Waals surface area contributed by atoms with Crippen molar-refractivity contribution in [2.24, 2.45) is 5.41 Å². The zero-order valence-corrected chi connectivity index (χ0v) is 10.2. The van der Waals surface area contributed by atoms with Crippen LogP contribution in [0.4, 0.5) is 5.69 Å². The number of nitrogens with two attached hydrogens (primary N) is 1. The van der Waals surface area contributed by atoms with Crippen LogP contribution in [0.15, 0.2) is 18.5 Å². The number of nitrogens with zero attached hydrogens (tertiary/aromatic N) is 1. The minimum atomic E-state index is 0.471. The second kappa shape index (κ2) is 4.42. The van der Waals surface area contributed by atoms with Crippen LogP contribution >= 0.6 is 0 Å². The van der Waals surface area contributed by atoms with Crippen LogP contribution in [0.5, 0.6) is 0 Å². The third-order valence-corrected chi connectivity index (χ3v) is 3.70. The molecular formula is C13H21N3. The summed E-state index contributed by atoms with van der Waals surface area (Å²) in [5, 5.41) is 3.58. The number of aromatic nitrogens is 1. The van der Waals surface area contributed by atoms with E-state index in [0.717, 1.165) is 18.7 Å². The largest absolute Gasteiger partial charge is 0.398 e. The lowest BCUT2D eigenvalue weighted by atomic mass is 9.92. The molecule has 1 aliphatic carbocycles. The van der Waals surface area contributed by atoms with Crippen molar-refractivity contribution in [2.75, 3.05) is 12.3 Å². The van der Waals surface area contributed by atoms with E-state index in [-0.39, 0.29) is 0 Å². The summed E-state index contributed by atoms with van der Waals surface area (Å²) in [6, 6.07) is 2.41. The summed E-state index contributed by atoms with van der Waals surface area (Å²) in [6.45, 7) is 5.53. The molecule has 1 aromatic rings. The third-order valence-electron chi connectivity index (χ3n) is 3.70. The zero-order valence-electron chi connectivity index (χ0n) is 10.2. The molecule has 0 amide bonds. The van der Waals surface area contributed by atoms with Gasteiger partial charge < -0.3 is 11.1 Å². The van der Waals surface area contributed by atoms with Crippen LogP contribution in [0, 0.1) is 5.41 Å². The SMILES string of the molecule is CCNC(Cc1cnccc1N)C1(C)CC1. The lowest BCUT2D eigenvalue weighted by Gasteiger charge is -2.25. The van der Waals surface area contributed by atoms with Crippen molar-refractivity contribution in [1.82, 2.24) is 10.3 Å². The maximum atomic E-state index is 5.96. The molecule has 1 unspecified atom stereocenters. The molecule has 0 aromatic carbocycles. The van der Waals surface area contributed by atoms with Gasteiger partial charge in [-0.3, -0.25) is 4.98 Å². The first kappa shape index (κ1) is 11.4. The molecule has 0 aliphatic heterocycles. The van der Waals surface area contributed by atoms with Gasteiger partial charge in [0.05, 0.1) is 0 Å². The van der Waals surface area contributed by atoms with Gasteiger partial charge in [-0.05, 0) is 42.9 Å². The highest BCUT2D eigenvalue weighted by atomic mass is 14.9. The maximum absolute atomic E-state index is 5.96. The van der Waals surface area contributed by atoms with Gasteiger partial charge in [0.25, 0.3) is 0 Å². The van der Waals surface area contributed by atoms with Gasteiger partial charge in [-0.1, -0.05) is 13.8 Å². The number of nitrogen functional groups attached to an aromatic ring is 1. The van der Waals surface area contributed by atoms with Crippen molar-refractivity contribution in [3.63, 3.8) is 0 Å². The average Bonchev–Trinajstić information content (AvgIpc) is 3.00. The fourth-order valence-electron chi connectivity index (χ4n) is 2.19. The Hall–Kier alpha value is -1.09. The third kappa shape index (κ3) is 2.35. The molecule has 1 aliphatic rings. The van der Waals surface area contributed by atoms with Crippen LogP contribution in [0.25, 0.3) is 0 Å². The fraction of sp³-hybridized carbons (Fsp3) is 0.615. The van der Waals surface area contributed by atoms with Gasteiger partial charge >= 0.3 is 0 Å². The first-order chi connectivity index (χ1) is 7.65. The molecule has 2 rings (SSSR count). The number of hydrogen-bond acceptors (Lipinski definition) is 3. The normalized spacial score (nSPS) is 19.4. The van der Waals surface area contributed by atoms with Gasteiger partial charge in [0.1, 0.15) is 0 Å². The van der Waals surface area contributed by atoms with Gasteiger partial charge in [-0.2, -0.15) is 0 Å². The second-order valence-corrected chi connectivity index (χ2v) is 5.04. The summed E-state index contributed by atoms with van der Waals surface area (Å²) >= 11 is 0. The average molecular weight is 219 g/mol. The van der Waals surface area contributed by atoms with E-state index in [9.17, 15) is 0 Å². The number of hydrogen-bond donors (Lipinski definition) is 2. The summed E-state index contributed by atoms with van der Waals surface area (Å²) in [5.74, 6) is 0. The molecular weight excluding hydrogens is 198 g/mol. The number of likely N-dealkylation sites (N-methyl/N-ethyl adjacent to an activating group) is 1. The summed E-state index contributed by atoms with van der Waals surface area (Å²) in [5.41, 5.74) is 8.46. The number of nitrogens with one attached hydrogen (secondary N) is 1. The Balaban J connectivity index is 2.09. The Kier molecular flexibility index (Phi) is 3.15. The lowest BCUT2D eigenvalue weighted by molar-refractivity contribution is 0.360. The Labute approximate surface area is 97.5 Å². The van der Waals surface area contributed by atoms with E-state index in [4.69, 9.17) is 5.73 Å². The molecule has 0 bridgehead atoms. The van der Waals surface area contributed by atoms with Crippen molar-refractivity contribution < 1.29 is 0 Å². The monoisotopic (exact) mass is 219 g/mol. The Morgan fingerprint density at radius 1 is 1.56 bits per heavy atom. The molecule has 0 radical (unpaired) electrons. The fourth-order valence-corrected chi connectivity index (χ4v) is 2.19. The smallest absolute Gasteiger partial charge is 0.0378 e. The highest BCUT2D eigenvalue weighted by Gasteiger charge is 2.44. The molecule has 0 saturated heterocycles. The molecule has 1 saturated carbocycles. The minimum Gasteiger partial charge on any atom is -0.398 e. The van der Waals surface area contributed by atoms with Gasteiger partial charge in [0, 0.05) is 24.1 Å². The van der Waals surface area contributed by atoms with E-state index in [1.165, 1.54) is 18.4 Å². The van der Waals surface area contributed by atoms with Crippen molar-refractivity contribution in [3.05, 3.63) is 24.0 Å². The van der Waals surface area contributed by atoms with E-state index in [1.807, 2.05) is 12.3 Å². The summed E-state index contributed by atoms with van der Waals surface area (Å²) in [7, 11) is 0. The highest BCUT2D eigenvalue weighted by molar-refractivity contribution is 5.44. The van der Waals surface area contributed by atoms with Crippen LogP contribution < -0.4 is 11.1 Å². The van der Waals surface area contributed by atoms with Crippen molar-refractivity contribution >= 4 is 5.69 Å². The standard InChI is InChI=1S/C13H21N3/c1-3-16-12(13(2)5-6-13)8-10-9-15-7-4-11(10)14/h4,7,9,12,16H,3,5-6,8H2,1-2H3,(H2,14,15). The number of anilines is 1. The Morgan fingerprint density at radius 3 is 2.88 bits per heavy atom. The molecule has 3 nitrogen and oxygen atoms in total. The van der Waals surface area contributed by atoms with Crippen LogP contribution in [-0.2, 0) is 6.42 Å². The molecule has 1 aromatic heterocycles. The lowest BCUT2D eigenvalue weighted by Crippen LogP contribution is -2.38. The molecule has 1 fully saturated rings. The van der Waals surface area contributed by atoms with Crippen LogP contribution in [0.2, 0.25) is 0 Å². The van der Waals surface area contributed by atoms with E-state index >= 15 is 0 Å². The van der Waals surface area contributed by atoms with E-state index in [0.29, 0.717) is 11.5 Å². The van der Waals surface area contributed by atoms with Crippen LogP contribution in [0.1, 0.15) is 32.3 Å². The number of rotatable bonds is 5. The van der Waals surface area contributed by atoms with Gasteiger partial charge in [0.2, 0.25) is 0 Å². The number of pyridine rings is 1. The first-order valence-electron chi connectivity index (χ1n) is 6.07. The zero-order chi connectivity index (χ0) is 11.6. The molecule has 0 spiro atoms. The Morgan fingerprint density at radius 2 is 2.31 bits per heavy atom. The van der Waals surface area contributed by atoms with Crippen molar-refractivity contribution in [3.8, 4) is 0 Å². The van der Waals surface area contributed by atoms with Crippen molar-refractivity contribution in [1.29, 1.82) is 0 Å². The minimum absolute atomic E-state index is 0.471. The molecule has 1 atom stereocenters. The van der Waals surface area contributed by atoms with Crippen molar-refractivity contribution in [2.45, 2.75) is 39.2 Å². The first-order valence-corrected chi connectivity index (χ1v) is 6.07. The summed E-state index contributed by atoms with van der Waals surface area (Å²) in [6.07, 6.45) is 7.28. The topological polar surface area (TPSA) is 50.9 Å². The molecule has 16 heavy (non-hydrogen) atoms. The van der Waals surface area contributed by atoms with Gasteiger partial charge in [0.15, 0.2) is 0 Å². The molecule has 3 heteroatoms. The highest BCUT2D eigenvalue weighted by Crippen LogP contribution is 2.49. The summed E-state index contributed by atoms with van der Waals surface area (Å²) < 4.78 is 0. The molecule has 1 heterocycles. The predicted octanol–water partition coefficient (Wildman–Crippen LogP) is 1.98. The molecule has 3 N–H and O–H groups in total. The van der Waals surface area contributed by atoms with Gasteiger partial charge in [-0.25, -0.2) is 0 Å². The maximum Gasteiger partial charge on any atom is 0.0378 e. The quantitative estimate of drug-likeness (QED) is 0.796. The second-order valence-electron chi connectivity index (χ2n) is 5.04.